The van der Waals surface area contributed by atoms with Crippen LogP contribution in [0, 0.1) is 5.92 Å². The zero-order chi connectivity index (χ0) is 41.5. The van der Waals surface area contributed by atoms with Crippen molar-refractivity contribution in [1.82, 2.24) is 0 Å². The Kier molecular flexibility index (Phi) is 36.5. The number of phosphoric acid groups is 1. The van der Waals surface area contributed by atoms with Crippen molar-refractivity contribution in [2.75, 3.05) is 26.4 Å². The monoisotopic (exact) mass is 813 g/mol. The molecule has 56 heavy (non-hydrogen) atoms. The van der Waals surface area contributed by atoms with Gasteiger partial charge >= 0.3 is 19.8 Å². The van der Waals surface area contributed by atoms with E-state index in [1.54, 1.807) is 12.2 Å². The first kappa shape index (κ1) is 53.6. The van der Waals surface area contributed by atoms with E-state index in [2.05, 4.69) is 25.3 Å². The lowest BCUT2D eigenvalue weighted by molar-refractivity contribution is -0.161. The molecule has 11 nitrogen and oxygen atoms in total. The molecular weight excluding hydrogens is 735 g/mol. The summed E-state index contributed by atoms with van der Waals surface area (Å²) in [7, 11) is -4.64. The van der Waals surface area contributed by atoms with Gasteiger partial charge in [0.25, 0.3) is 0 Å². The van der Waals surface area contributed by atoms with Crippen LogP contribution in [0.2, 0.25) is 0 Å². The molecule has 324 valence electrons. The molecule has 3 N–H and O–H groups in total. The molecule has 12 heteroatoms. The van der Waals surface area contributed by atoms with Crippen molar-refractivity contribution in [2.45, 2.75) is 181 Å². The summed E-state index contributed by atoms with van der Waals surface area (Å²) in [6, 6.07) is 0. The first-order chi connectivity index (χ1) is 27.0. The fraction of sp³-hybridized carbons (Fsp3) is 0.750. The number of carbonyl (C=O) groups is 3. The lowest BCUT2D eigenvalue weighted by Gasteiger charge is -2.20. The van der Waals surface area contributed by atoms with Crippen LogP contribution in [0.25, 0.3) is 0 Å². The zero-order valence-electron chi connectivity index (χ0n) is 35.0. The van der Waals surface area contributed by atoms with Gasteiger partial charge in [0.05, 0.1) is 19.8 Å². The van der Waals surface area contributed by atoms with Crippen LogP contribution in [0.1, 0.15) is 168 Å². The molecule has 0 saturated heterocycles. The van der Waals surface area contributed by atoms with E-state index in [1.165, 1.54) is 57.8 Å². The van der Waals surface area contributed by atoms with Crippen LogP contribution in [0.4, 0.5) is 0 Å². The molecule has 3 atom stereocenters. The molecule has 0 aliphatic heterocycles. The predicted octanol–water partition coefficient (Wildman–Crippen LogP) is 10.4. The highest BCUT2D eigenvalue weighted by molar-refractivity contribution is 7.47. The lowest BCUT2D eigenvalue weighted by Crippen LogP contribution is -2.29. The molecule has 0 bridgehead atoms. The van der Waals surface area contributed by atoms with E-state index in [4.69, 9.17) is 19.1 Å². The fourth-order valence-corrected chi connectivity index (χ4v) is 6.33. The Morgan fingerprint density at radius 2 is 1.20 bits per heavy atom. The quantitative estimate of drug-likeness (QED) is 0.0135. The number of aliphatic hydroxyl groups is 2. The third-order valence-electron chi connectivity index (χ3n) is 8.89. The molecule has 0 radical (unpaired) electrons. The summed E-state index contributed by atoms with van der Waals surface area (Å²) in [5, 5.41) is 18.3. The third-order valence-corrected chi connectivity index (χ3v) is 9.84. The molecule has 0 rings (SSSR count). The summed E-state index contributed by atoms with van der Waals surface area (Å²) >= 11 is 0. The fourth-order valence-electron chi connectivity index (χ4n) is 5.54. The summed E-state index contributed by atoms with van der Waals surface area (Å²) < 4.78 is 32.6. The minimum Gasteiger partial charge on any atom is -0.462 e. The number of unbranched alkanes of at least 4 members (excludes halogenated alkanes) is 14. The Hall–Kier alpha value is -2.40. The average Bonchev–Trinajstić information content (AvgIpc) is 3.16. The number of rotatable bonds is 39. The molecule has 0 saturated carbocycles. The number of ether oxygens (including phenoxy) is 2. The van der Waals surface area contributed by atoms with Gasteiger partial charge in [0, 0.05) is 19.3 Å². The van der Waals surface area contributed by atoms with Crippen molar-refractivity contribution in [3.8, 4) is 0 Å². The van der Waals surface area contributed by atoms with E-state index in [1.807, 2.05) is 36.5 Å². The maximum Gasteiger partial charge on any atom is 0.472 e. The Morgan fingerprint density at radius 1 is 0.643 bits per heavy atom. The second kappa shape index (κ2) is 38.1. The maximum atomic E-state index is 12.6. The van der Waals surface area contributed by atoms with Crippen LogP contribution in [0.5, 0.6) is 0 Å². The summed E-state index contributed by atoms with van der Waals surface area (Å²) in [5.41, 5.74) is 0. The SMILES string of the molecule is CCCCCC(=O)/C=C/C=C\C/C=C\C/C=C\CCCC(=O)OC[C@H](COP(=O)(O)OC[C@@H](O)CO)OC(=O)CCCCCCCCCCCCCCC(C)C. The van der Waals surface area contributed by atoms with Crippen LogP contribution >= 0.6 is 7.82 Å². The Morgan fingerprint density at radius 3 is 1.82 bits per heavy atom. The minimum absolute atomic E-state index is 0.139. The molecule has 1 unspecified atom stereocenters. The van der Waals surface area contributed by atoms with E-state index in [0.717, 1.165) is 57.3 Å². The highest BCUT2D eigenvalue weighted by Crippen LogP contribution is 2.43. The standard InChI is InChI=1S/C44H77O11P/c1-4-5-25-31-40(46)32-27-22-18-14-10-8-12-15-19-23-28-33-43(48)52-37-42(38-54-56(50,51)53-36-41(47)35-45)55-44(49)34-29-24-20-16-11-7-6-9-13-17-21-26-30-39(2)3/h8,10,15,18-19,22,27,32,39,41-42,45,47H,4-7,9,11-14,16-17,20-21,23-26,28-31,33-38H2,1-3H3,(H,50,51)/b10-8-,19-15-,22-18-,32-27+/t41-,42+/m0/s1. The predicted molar refractivity (Wildman–Crippen MR) is 224 cm³/mol. The topological polar surface area (TPSA) is 166 Å². The van der Waals surface area contributed by atoms with Crippen molar-refractivity contribution in [3.05, 3.63) is 48.6 Å². The number of phosphoric ester groups is 1. The van der Waals surface area contributed by atoms with Crippen molar-refractivity contribution in [1.29, 1.82) is 0 Å². The van der Waals surface area contributed by atoms with Gasteiger partial charge in [-0.3, -0.25) is 23.4 Å². The number of ketones is 1. The van der Waals surface area contributed by atoms with Crippen LogP contribution < -0.4 is 0 Å². The smallest absolute Gasteiger partial charge is 0.462 e. The van der Waals surface area contributed by atoms with E-state index in [-0.39, 0.29) is 25.2 Å². The van der Waals surface area contributed by atoms with E-state index in [9.17, 15) is 28.9 Å². The molecule has 0 fully saturated rings. The van der Waals surface area contributed by atoms with Gasteiger partial charge < -0.3 is 24.6 Å². The summed E-state index contributed by atoms with van der Waals surface area (Å²) in [4.78, 5) is 46.6. The Labute approximate surface area is 339 Å². The number of aliphatic hydroxyl groups excluding tert-OH is 2. The number of hydrogen-bond acceptors (Lipinski definition) is 10. The van der Waals surface area contributed by atoms with Gasteiger partial charge in [0.15, 0.2) is 11.9 Å². The number of carbonyl (C=O) groups excluding carboxylic acids is 3. The molecule has 0 aliphatic carbocycles. The molecular formula is C44H77O11P. The number of hydrogen-bond donors (Lipinski definition) is 3. The van der Waals surface area contributed by atoms with Gasteiger partial charge in [-0.25, -0.2) is 4.57 Å². The molecule has 0 aliphatic rings. The molecule has 0 aromatic heterocycles. The summed E-state index contributed by atoms with van der Waals surface area (Å²) in [6.07, 6.45) is 35.0. The van der Waals surface area contributed by atoms with E-state index >= 15 is 0 Å². The second-order valence-corrected chi connectivity index (χ2v) is 16.3. The normalized spacial score (nSPS) is 14.3. The van der Waals surface area contributed by atoms with Crippen molar-refractivity contribution < 1.29 is 52.6 Å². The van der Waals surface area contributed by atoms with Crippen LogP contribution in [0.15, 0.2) is 48.6 Å². The van der Waals surface area contributed by atoms with Crippen LogP contribution in [-0.4, -0.2) is 71.5 Å². The first-order valence-corrected chi connectivity index (χ1v) is 22.9. The first-order valence-electron chi connectivity index (χ1n) is 21.4. The maximum absolute atomic E-state index is 12.6. The highest BCUT2D eigenvalue weighted by Gasteiger charge is 2.27. The zero-order valence-corrected chi connectivity index (χ0v) is 35.9. The lowest BCUT2D eigenvalue weighted by atomic mass is 10.0. The number of allylic oxidation sites excluding steroid dienone is 8. The minimum atomic E-state index is -4.64. The largest absolute Gasteiger partial charge is 0.472 e. The molecule has 0 spiro atoms. The number of esters is 2. The summed E-state index contributed by atoms with van der Waals surface area (Å²) in [6.45, 7) is 4.45. The van der Waals surface area contributed by atoms with Gasteiger partial charge in [0.2, 0.25) is 0 Å². The molecule has 0 heterocycles. The third kappa shape index (κ3) is 38.5. The highest BCUT2D eigenvalue weighted by atomic mass is 31.2. The van der Waals surface area contributed by atoms with Crippen LogP contribution in [0.3, 0.4) is 0 Å². The molecule has 0 aromatic carbocycles. The van der Waals surface area contributed by atoms with Gasteiger partial charge in [0.1, 0.15) is 12.7 Å². The van der Waals surface area contributed by atoms with Gasteiger partial charge in [-0.15, -0.1) is 0 Å². The van der Waals surface area contributed by atoms with E-state index < -0.39 is 51.8 Å². The van der Waals surface area contributed by atoms with Gasteiger partial charge in [-0.1, -0.05) is 153 Å². The van der Waals surface area contributed by atoms with Crippen molar-refractivity contribution >= 4 is 25.5 Å². The Balaban J connectivity index is 4.44. The Bertz CT molecular complexity index is 1150. The summed E-state index contributed by atoms with van der Waals surface area (Å²) in [5.74, 6) is -0.0672. The van der Waals surface area contributed by atoms with Crippen molar-refractivity contribution in [2.24, 2.45) is 5.92 Å². The average molecular weight is 813 g/mol. The van der Waals surface area contributed by atoms with Gasteiger partial charge in [-0.05, 0) is 50.5 Å². The molecule has 0 amide bonds. The van der Waals surface area contributed by atoms with Crippen LogP contribution in [-0.2, 0) is 37.5 Å². The van der Waals surface area contributed by atoms with Gasteiger partial charge in [-0.2, -0.15) is 0 Å². The molecule has 0 aromatic rings. The second-order valence-electron chi connectivity index (χ2n) is 14.9. The van der Waals surface area contributed by atoms with Crippen molar-refractivity contribution in [3.63, 3.8) is 0 Å². The van der Waals surface area contributed by atoms with E-state index in [0.29, 0.717) is 25.7 Å².